The molecule has 19 heteroatoms. The second-order valence-corrected chi connectivity index (χ2v) is 21.7. The van der Waals surface area contributed by atoms with Crippen LogP contribution in [0.1, 0.15) is 107 Å². The number of nitro benzene ring substituents is 2. The van der Waals surface area contributed by atoms with Crippen molar-refractivity contribution >= 4 is 31.5 Å². The zero-order valence-corrected chi connectivity index (χ0v) is 38.1. The molecule has 2 aliphatic heterocycles. The molecule has 2 aromatic carbocycles. The summed E-state index contributed by atoms with van der Waals surface area (Å²) in [6.45, 7) is 15.9. The number of likely N-dealkylation sites (tertiary alicyclic amines) is 2. The maximum Gasteiger partial charge on any atom is 0.286 e. The van der Waals surface area contributed by atoms with Gasteiger partial charge in [0.15, 0.2) is 31.3 Å². The van der Waals surface area contributed by atoms with Gasteiger partial charge in [-0.05, 0) is 56.7 Å². The number of benzene rings is 2. The number of carbonyl (C=O) groups is 2. The Morgan fingerprint density at radius 3 is 1.52 bits per heavy atom. The molecule has 0 unspecified atom stereocenters. The Bertz CT molecular complexity index is 1810. The molecule has 2 amide bonds. The Balaban J connectivity index is 0.000000334. The zero-order chi connectivity index (χ0) is 45.7. The molecular formula is C42H66N4O14Si. The normalized spacial score (nSPS) is 19.3. The van der Waals surface area contributed by atoms with E-state index in [1.807, 2.05) is 13.8 Å². The predicted molar refractivity (Wildman–Crippen MR) is 230 cm³/mol. The Kier molecular flexibility index (Phi) is 19.2. The first-order valence-corrected chi connectivity index (χ1v) is 23.9. The maximum atomic E-state index is 13.6. The van der Waals surface area contributed by atoms with Crippen molar-refractivity contribution in [2.45, 2.75) is 128 Å². The first-order chi connectivity index (χ1) is 28.7. The zero-order valence-electron chi connectivity index (χ0n) is 37.1. The van der Waals surface area contributed by atoms with Gasteiger partial charge in [0, 0.05) is 25.2 Å². The van der Waals surface area contributed by atoms with E-state index in [0.29, 0.717) is 39.0 Å². The number of ether oxygens (including phenoxy) is 4. The Morgan fingerprint density at radius 1 is 0.754 bits per heavy atom. The number of aliphatic hydroxyl groups excluding tert-OH is 3. The Morgan fingerprint density at radius 2 is 1.16 bits per heavy atom. The Labute approximate surface area is 359 Å². The van der Waals surface area contributed by atoms with Crippen LogP contribution in [0.3, 0.4) is 0 Å². The van der Waals surface area contributed by atoms with E-state index in [9.17, 15) is 45.1 Å². The standard InChI is InChI=1S/C24H40N2O7Si.C18H26N2O7/c1-8-9-12-32-22-15-20(26(29)30)19(14-21(22)31-5)23(28)25-11-10-18(27)13-17(25)16-33-34(6,7)24(2,3)4;1-3-4-7-27-17-10-15(20(24)25)14(9-16(17)26-2)18(23)19-6-5-13(22)8-12(19)11-21/h14-15,17-18,27H,8-13,16H2,1-7H3;9-10,12-13,21-22H,3-8,11H2,1-2H3/t17-,18-;12-,13-/m00/s1. The second-order valence-electron chi connectivity index (χ2n) is 16.9. The number of nitro groups is 2. The molecule has 2 saturated heterocycles. The summed E-state index contributed by atoms with van der Waals surface area (Å²) >= 11 is 0. The van der Waals surface area contributed by atoms with Crippen molar-refractivity contribution in [3.63, 3.8) is 0 Å². The number of hydrogen-bond acceptors (Lipinski definition) is 14. The monoisotopic (exact) mass is 878 g/mol. The lowest BCUT2D eigenvalue weighted by Crippen LogP contribution is -2.52. The number of nitrogens with zero attached hydrogens (tertiary/aromatic N) is 4. The van der Waals surface area contributed by atoms with Crippen LogP contribution in [0, 0.1) is 20.2 Å². The van der Waals surface area contributed by atoms with Crippen LogP contribution in [0.2, 0.25) is 18.1 Å². The van der Waals surface area contributed by atoms with Gasteiger partial charge < -0.3 is 48.5 Å². The van der Waals surface area contributed by atoms with Gasteiger partial charge in [-0.15, -0.1) is 0 Å². The lowest BCUT2D eigenvalue weighted by atomic mass is 9.98. The number of piperidine rings is 2. The maximum absolute atomic E-state index is 13.6. The molecule has 0 radical (unpaired) electrons. The molecule has 2 aromatic rings. The molecule has 4 atom stereocenters. The van der Waals surface area contributed by atoms with E-state index in [2.05, 4.69) is 33.9 Å². The van der Waals surface area contributed by atoms with Crippen LogP contribution in [-0.4, -0.2) is 133 Å². The third-order valence-corrected chi connectivity index (χ3v) is 16.0. The van der Waals surface area contributed by atoms with Crippen LogP contribution in [0.15, 0.2) is 24.3 Å². The van der Waals surface area contributed by atoms with E-state index >= 15 is 0 Å². The number of rotatable bonds is 18. The molecule has 18 nitrogen and oxygen atoms in total. The molecule has 61 heavy (non-hydrogen) atoms. The molecule has 342 valence electrons. The highest BCUT2D eigenvalue weighted by atomic mass is 28.4. The van der Waals surface area contributed by atoms with Crippen LogP contribution in [0.25, 0.3) is 0 Å². The third kappa shape index (κ3) is 13.5. The quantitative estimate of drug-likeness (QED) is 0.0627. The van der Waals surface area contributed by atoms with E-state index in [1.165, 1.54) is 43.4 Å². The summed E-state index contributed by atoms with van der Waals surface area (Å²) < 4.78 is 28.2. The lowest BCUT2D eigenvalue weighted by molar-refractivity contribution is -0.385. The first-order valence-electron chi connectivity index (χ1n) is 21.0. The molecule has 0 bridgehead atoms. The van der Waals surface area contributed by atoms with E-state index in [0.717, 1.165) is 25.7 Å². The van der Waals surface area contributed by atoms with E-state index in [1.54, 1.807) is 4.90 Å². The molecule has 0 saturated carbocycles. The topological polar surface area (TPSA) is 234 Å². The number of unbranched alkanes of at least 4 members (excludes halogenated alkanes) is 2. The SMILES string of the molecule is CCCCOc1cc([N+](=O)[O-])c(C(=O)N2CC[C@H](O)C[C@H]2CO)cc1OC.CCCCOc1cc([N+](=O)[O-])c(C(=O)N2CC[C@H](O)C[C@H]2CO[Si](C)(C)C(C)(C)C)cc1OC. The lowest BCUT2D eigenvalue weighted by Gasteiger charge is -2.42. The van der Waals surface area contributed by atoms with Crippen LogP contribution in [-0.2, 0) is 4.43 Å². The molecule has 0 aliphatic carbocycles. The van der Waals surface area contributed by atoms with E-state index in [4.69, 9.17) is 23.4 Å². The summed E-state index contributed by atoms with van der Waals surface area (Å²) in [5.41, 5.74) is -0.893. The fraction of sp³-hybridized carbons (Fsp3) is 0.667. The van der Waals surface area contributed by atoms with Crippen LogP contribution >= 0.6 is 0 Å². The summed E-state index contributed by atoms with van der Waals surface area (Å²) in [6, 6.07) is 4.19. The third-order valence-electron chi connectivity index (χ3n) is 11.5. The number of aliphatic hydroxyl groups is 3. The van der Waals surface area contributed by atoms with Crippen molar-refractivity contribution in [3.8, 4) is 23.0 Å². The van der Waals surface area contributed by atoms with Gasteiger partial charge in [-0.2, -0.15) is 0 Å². The molecule has 3 N–H and O–H groups in total. The minimum atomic E-state index is -2.09. The van der Waals surface area contributed by atoms with Gasteiger partial charge in [-0.25, -0.2) is 0 Å². The molecular weight excluding hydrogens is 813 g/mol. The second kappa shape index (κ2) is 23.0. The van der Waals surface area contributed by atoms with Crippen molar-refractivity contribution in [2.75, 3.05) is 53.7 Å². The van der Waals surface area contributed by atoms with Gasteiger partial charge in [-0.3, -0.25) is 29.8 Å². The summed E-state index contributed by atoms with van der Waals surface area (Å²) in [6.07, 6.45) is 3.60. The van der Waals surface area contributed by atoms with Crippen LogP contribution in [0.4, 0.5) is 11.4 Å². The number of methoxy groups -OCH3 is 2. The number of hydrogen-bond donors (Lipinski definition) is 3. The fourth-order valence-corrected chi connectivity index (χ4v) is 7.74. The van der Waals surface area contributed by atoms with Gasteiger partial charge in [0.1, 0.15) is 11.1 Å². The van der Waals surface area contributed by atoms with Crippen molar-refractivity contribution in [1.29, 1.82) is 0 Å². The summed E-state index contributed by atoms with van der Waals surface area (Å²) in [5.74, 6) is -0.0891. The number of amides is 2. The predicted octanol–water partition coefficient (Wildman–Crippen LogP) is 6.51. The summed E-state index contributed by atoms with van der Waals surface area (Å²) in [4.78, 5) is 51.8. The minimum Gasteiger partial charge on any atom is -0.493 e. The largest absolute Gasteiger partial charge is 0.493 e. The first kappa shape index (κ1) is 50.8. The van der Waals surface area contributed by atoms with Gasteiger partial charge in [0.2, 0.25) is 0 Å². The Hall–Kier alpha value is -4.56. The molecule has 2 heterocycles. The summed E-state index contributed by atoms with van der Waals surface area (Å²) in [7, 11) is 0.752. The van der Waals surface area contributed by atoms with Gasteiger partial charge in [-0.1, -0.05) is 47.5 Å². The van der Waals surface area contributed by atoms with Crippen molar-refractivity contribution in [1.82, 2.24) is 9.80 Å². The van der Waals surface area contributed by atoms with Crippen molar-refractivity contribution in [2.24, 2.45) is 0 Å². The molecule has 2 fully saturated rings. The van der Waals surface area contributed by atoms with Gasteiger partial charge in [0.05, 0.1) is 86.9 Å². The molecule has 0 aromatic heterocycles. The van der Waals surface area contributed by atoms with Gasteiger partial charge in [0.25, 0.3) is 23.2 Å². The average Bonchev–Trinajstić information content (AvgIpc) is 3.21. The molecule has 0 spiro atoms. The highest BCUT2D eigenvalue weighted by Crippen LogP contribution is 2.40. The van der Waals surface area contributed by atoms with Crippen LogP contribution in [0.5, 0.6) is 23.0 Å². The van der Waals surface area contributed by atoms with Gasteiger partial charge >= 0.3 is 0 Å². The fourth-order valence-electron chi connectivity index (χ4n) is 6.70. The molecule has 4 rings (SSSR count). The van der Waals surface area contributed by atoms with Crippen molar-refractivity contribution in [3.05, 3.63) is 55.6 Å². The average molecular weight is 879 g/mol. The van der Waals surface area contributed by atoms with Crippen molar-refractivity contribution < 1.29 is 58.1 Å². The highest BCUT2D eigenvalue weighted by molar-refractivity contribution is 6.74. The summed E-state index contributed by atoms with van der Waals surface area (Å²) in [5, 5.41) is 53.0. The smallest absolute Gasteiger partial charge is 0.286 e. The molecule has 2 aliphatic rings. The van der Waals surface area contributed by atoms with Crippen LogP contribution < -0.4 is 18.9 Å². The van der Waals surface area contributed by atoms with E-state index < -0.39 is 48.2 Å². The minimum absolute atomic E-state index is 0.00508. The van der Waals surface area contributed by atoms with E-state index in [-0.39, 0.29) is 82.8 Å². The highest BCUT2D eigenvalue weighted by Gasteiger charge is 2.41. The number of carbonyl (C=O) groups excluding carboxylic acids is 2.